The Bertz CT molecular complexity index is 821. The van der Waals surface area contributed by atoms with Gasteiger partial charge in [-0.05, 0) is 69.5 Å². The predicted octanol–water partition coefficient (Wildman–Crippen LogP) is 1.75. The summed E-state index contributed by atoms with van der Waals surface area (Å²) < 4.78 is 51.7. The molecule has 1 fully saturated rings. The molecule has 25 heavy (non-hydrogen) atoms. The van der Waals surface area contributed by atoms with E-state index >= 15 is 0 Å². The van der Waals surface area contributed by atoms with Crippen LogP contribution in [0, 0.1) is 19.8 Å². The Hall–Kier alpha value is -0.670. The number of halogens is 1. The molecule has 6 nitrogen and oxygen atoms in total. The highest BCUT2D eigenvalue weighted by atomic mass is 35.5. The normalized spacial score (nSPS) is 19.4. The maximum absolute atomic E-state index is 13.1. The van der Waals surface area contributed by atoms with Crippen molar-refractivity contribution < 1.29 is 16.8 Å². The summed E-state index contributed by atoms with van der Waals surface area (Å²) in [6, 6.07) is 3.10. The van der Waals surface area contributed by atoms with Crippen molar-refractivity contribution in [2.24, 2.45) is 5.92 Å². The van der Waals surface area contributed by atoms with Crippen LogP contribution >= 0.6 is 12.4 Å². The highest BCUT2D eigenvalue weighted by Gasteiger charge is 2.32. The molecular formula is C16H27ClN2O4S2. The SMILES string of the molecule is CNCC1CCCN(S(=O)(=O)c2cc(C)cc(S(C)(=O)=O)c2C)C1.Cl. The smallest absolute Gasteiger partial charge is 0.243 e. The molecule has 0 aliphatic carbocycles. The van der Waals surface area contributed by atoms with Crippen LogP contribution in [0.3, 0.4) is 0 Å². The van der Waals surface area contributed by atoms with Gasteiger partial charge in [0.1, 0.15) is 0 Å². The molecule has 0 amide bonds. The van der Waals surface area contributed by atoms with E-state index in [4.69, 9.17) is 0 Å². The lowest BCUT2D eigenvalue weighted by atomic mass is 10.00. The van der Waals surface area contributed by atoms with Gasteiger partial charge in [0.2, 0.25) is 10.0 Å². The third kappa shape index (κ3) is 4.95. The topological polar surface area (TPSA) is 83.6 Å². The van der Waals surface area contributed by atoms with Crippen molar-refractivity contribution in [3.05, 3.63) is 23.3 Å². The lowest BCUT2D eigenvalue weighted by molar-refractivity contribution is 0.263. The monoisotopic (exact) mass is 410 g/mol. The molecular weight excluding hydrogens is 384 g/mol. The summed E-state index contributed by atoms with van der Waals surface area (Å²) in [6.45, 7) is 4.99. The summed E-state index contributed by atoms with van der Waals surface area (Å²) in [4.78, 5) is 0.192. The van der Waals surface area contributed by atoms with E-state index in [2.05, 4.69) is 5.32 Å². The van der Waals surface area contributed by atoms with Gasteiger partial charge in [0.05, 0.1) is 9.79 Å². The summed E-state index contributed by atoms with van der Waals surface area (Å²) in [5, 5.41) is 3.10. The molecule has 1 heterocycles. The van der Waals surface area contributed by atoms with E-state index in [1.54, 1.807) is 19.9 Å². The minimum Gasteiger partial charge on any atom is -0.319 e. The lowest BCUT2D eigenvalue weighted by Gasteiger charge is -2.32. The van der Waals surface area contributed by atoms with Gasteiger partial charge in [-0.1, -0.05) is 0 Å². The quantitative estimate of drug-likeness (QED) is 0.799. The van der Waals surface area contributed by atoms with E-state index in [-0.39, 0.29) is 28.1 Å². The minimum absolute atomic E-state index is 0. The standard InChI is InChI=1S/C16H26N2O4S2.ClH/c1-12-8-15(23(4,19)20)13(2)16(9-12)24(21,22)18-7-5-6-14(11-18)10-17-3;/h8-9,14,17H,5-7,10-11H2,1-4H3;1H. The maximum Gasteiger partial charge on any atom is 0.243 e. The first-order valence-electron chi connectivity index (χ1n) is 8.03. The van der Waals surface area contributed by atoms with E-state index in [0.29, 0.717) is 24.2 Å². The largest absolute Gasteiger partial charge is 0.319 e. The molecule has 1 N–H and O–H groups in total. The van der Waals surface area contributed by atoms with Crippen molar-refractivity contribution in [3.63, 3.8) is 0 Å². The first kappa shape index (κ1) is 22.4. The fourth-order valence-corrected chi connectivity index (χ4v) is 6.30. The number of hydrogen-bond acceptors (Lipinski definition) is 5. The Kier molecular flexibility index (Phi) is 7.47. The second-order valence-corrected chi connectivity index (χ2v) is 10.5. The van der Waals surface area contributed by atoms with Gasteiger partial charge in [0, 0.05) is 19.3 Å². The molecule has 2 rings (SSSR count). The molecule has 1 aliphatic rings. The second kappa shape index (κ2) is 8.35. The number of nitrogens with zero attached hydrogens (tertiary/aromatic N) is 1. The van der Waals surface area contributed by atoms with Crippen LogP contribution in [0.5, 0.6) is 0 Å². The summed E-state index contributed by atoms with van der Waals surface area (Å²) in [7, 11) is -5.33. The number of nitrogens with one attached hydrogen (secondary N) is 1. The van der Waals surface area contributed by atoms with Crippen LogP contribution < -0.4 is 5.32 Å². The van der Waals surface area contributed by atoms with Crippen LogP contribution in [0.2, 0.25) is 0 Å². The van der Waals surface area contributed by atoms with Gasteiger partial charge < -0.3 is 5.32 Å². The maximum atomic E-state index is 13.1. The molecule has 0 spiro atoms. The summed E-state index contributed by atoms with van der Waals surface area (Å²) in [5.41, 5.74) is 0.933. The Morgan fingerprint density at radius 1 is 1.16 bits per heavy atom. The molecule has 0 radical (unpaired) electrons. The molecule has 1 atom stereocenters. The fourth-order valence-electron chi connectivity index (χ4n) is 3.29. The molecule has 0 bridgehead atoms. The van der Waals surface area contributed by atoms with Gasteiger partial charge in [0.15, 0.2) is 9.84 Å². The molecule has 1 saturated heterocycles. The number of sulfone groups is 1. The number of rotatable bonds is 5. The van der Waals surface area contributed by atoms with Gasteiger partial charge in [-0.3, -0.25) is 0 Å². The van der Waals surface area contributed by atoms with Crippen LogP contribution in [0.4, 0.5) is 0 Å². The highest BCUT2D eigenvalue weighted by molar-refractivity contribution is 7.91. The van der Waals surface area contributed by atoms with Gasteiger partial charge in [0.25, 0.3) is 0 Å². The van der Waals surface area contributed by atoms with E-state index in [0.717, 1.165) is 25.6 Å². The zero-order chi connectivity index (χ0) is 18.1. The highest BCUT2D eigenvalue weighted by Crippen LogP contribution is 2.29. The van der Waals surface area contributed by atoms with Gasteiger partial charge >= 0.3 is 0 Å². The minimum atomic E-state index is -3.71. The Labute approximate surface area is 157 Å². The summed E-state index contributed by atoms with van der Waals surface area (Å²) >= 11 is 0. The summed E-state index contributed by atoms with van der Waals surface area (Å²) in [6.07, 6.45) is 2.92. The van der Waals surface area contributed by atoms with Crippen molar-refractivity contribution in [2.45, 2.75) is 36.5 Å². The molecule has 1 unspecified atom stereocenters. The first-order valence-corrected chi connectivity index (χ1v) is 11.4. The molecule has 1 aliphatic heterocycles. The lowest BCUT2D eigenvalue weighted by Crippen LogP contribution is -2.42. The number of hydrogen-bond donors (Lipinski definition) is 1. The van der Waals surface area contributed by atoms with Crippen molar-refractivity contribution in [3.8, 4) is 0 Å². The zero-order valence-corrected chi connectivity index (χ0v) is 17.5. The van der Waals surface area contributed by atoms with Gasteiger partial charge in [-0.15, -0.1) is 12.4 Å². The average molecular weight is 411 g/mol. The number of aryl methyl sites for hydroxylation is 1. The number of sulfonamides is 1. The van der Waals surface area contributed by atoms with E-state index < -0.39 is 19.9 Å². The first-order chi connectivity index (χ1) is 11.1. The van der Waals surface area contributed by atoms with Crippen LogP contribution in [0.25, 0.3) is 0 Å². The predicted molar refractivity (Wildman–Crippen MR) is 102 cm³/mol. The molecule has 1 aromatic rings. The van der Waals surface area contributed by atoms with Crippen LogP contribution in [0.1, 0.15) is 24.0 Å². The van der Waals surface area contributed by atoms with Crippen LogP contribution in [-0.2, 0) is 19.9 Å². The number of piperidine rings is 1. The van der Waals surface area contributed by atoms with E-state index in [1.165, 1.54) is 10.4 Å². The van der Waals surface area contributed by atoms with Crippen molar-refractivity contribution in [1.82, 2.24) is 9.62 Å². The van der Waals surface area contributed by atoms with Crippen LogP contribution in [-0.4, -0.2) is 54.1 Å². The second-order valence-electron chi connectivity index (χ2n) is 6.59. The molecule has 0 aromatic heterocycles. The Morgan fingerprint density at radius 2 is 1.76 bits per heavy atom. The van der Waals surface area contributed by atoms with Gasteiger partial charge in [-0.25, -0.2) is 16.8 Å². The van der Waals surface area contributed by atoms with Crippen molar-refractivity contribution in [2.75, 3.05) is 32.9 Å². The van der Waals surface area contributed by atoms with E-state index in [1.807, 2.05) is 7.05 Å². The third-order valence-corrected chi connectivity index (χ3v) is 7.66. The van der Waals surface area contributed by atoms with Crippen molar-refractivity contribution in [1.29, 1.82) is 0 Å². The zero-order valence-electron chi connectivity index (χ0n) is 15.1. The van der Waals surface area contributed by atoms with E-state index in [9.17, 15) is 16.8 Å². The Balaban J connectivity index is 0.00000312. The van der Waals surface area contributed by atoms with Crippen molar-refractivity contribution >= 4 is 32.3 Å². The fraction of sp³-hybridized carbons (Fsp3) is 0.625. The third-order valence-electron chi connectivity index (χ3n) is 4.45. The Morgan fingerprint density at radius 3 is 2.32 bits per heavy atom. The molecule has 0 saturated carbocycles. The van der Waals surface area contributed by atoms with Gasteiger partial charge in [-0.2, -0.15) is 4.31 Å². The van der Waals surface area contributed by atoms with Crippen LogP contribution in [0.15, 0.2) is 21.9 Å². The molecule has 9 heteroatoms. The summed E-state index contributed by atoms with van der Waals surface area (Å²) in [5.74, 6) is 0.276. The number of benzene rings is 1. The average Bonchev–Trinajstić information content (AvgIpc) is 2.48. The molecule has 1 aromatic carbocycles. The molecule has 144 valence electrons.